The molecule has 1 N–H and O–H groups in total. The molecule has 0 unspecified atom stereocenters. The second-order valence-corrected chi connectivity index (χ2v) is 3.39. The zero-order valence-electron chi connectivity index (χ0n) is 9.45. The molecule has 0 radical (unpaired) electrons. The lowest BCUT2D eigenvalue weighted by Gasteiger charge is -2.04. The molecule has 1 amide bonds. The number of rotatable bonds is 3. The van der Waals surface area contributed by atoms with Crippen molar-refractivity contribution in [3.8, 4) is 0 Å². The summed E-state index contributed by atoms with van der Waals surface area (Å²) in [4.78, 5) is 22.2. The zero-order valence-corrected chi connectivity index (χ0v) is 9.45. The first-order valence-corrected chi connectivity index (χ1v) is 5.14. The molecule has 0 spiro atoms. The highest BCUT2D eigenvalue weighted by molar-refractivity contribution is 6.32. The Hall–Kier alpha value is -1.84. The van der Waals surface area contributed by atoms with Gasteiger partial charge in [0.2, 0.25) is 0 Å². The highest BCUT2D eigenvalue weighted by atomic mass is 16.5. The molecular weight excluding hydrogens is 206 g/mol. The van der Waals surface area contributed by atoms with Crippen LogP contribution in [0, 0.1) is 6.92 Å². The van der Waals surface area contributed by atoms with E-state index in [2.05, 4.69) is 10.1 Å². The fourth-order valence-electron chi connectivity index (χ4n) is 1.16. The third-order valence-electron chi connectivity index (χ3n) is 2.03. The van der Waals surface area contributed by atoms with Crippen molar-refractivity contribution in [3.63, 3.8) is 0 Å². The van der Waals surface area contributed by atoms with Crippen LogP contribution in [-0.4, -0.2) is 18.5 Å². The van der Waals surface area contributed by atoms with Gasteiger partial charge in [0.1, 0.15) is 0 Å². The molecule has 0 saturated carbocycles. The molecule has 4 nitrogen and oxygen atoms in total. The Balaban J connectivity index is 2.42. The number of ether oxygens (including phenoxy) is 1. The Morgan fingerprint density at radius 2 is 1.88 bits per heavy atom. The monoisotopic (exact) mass is 221 g/mol. The van der Waals surface area contributed by atoms with Gasteiger partial charge in [-0.05, 0) is 19.4 Å². The van der Waals surface area contributed by atoms with E-state index >= 15 is 0 Å². The summed E-state index contributed by atoms with van der Waals surface area (Å²) < 4.78 is 4.56. The molecule has 1 aromatic carbocycles. The number of nitrogens with one attached hydrogen (secondary N) is 1. The molecule has 0 aliphatic rings. The van der Waals surface area contributed by atoms with Crippen LogP contribution in [0.15, 0.2) is 24.3 Å². The lowest BCUT2D eigenvalue weighted by Crippen LogP contribution is -2.32. The summed E-state index contributed by atoms with van der Waals surface area (Å²) in [6.45, 7) is 4.18. The van der Waals surface area contributed by atoms with Crippen LogP contribution in [0.5, 0.6) is 0 Å². The fourth-order valence-corrected chi connectivity index (χ4v) is 1.16. The van der Waals surface area contributed by atoms with Crippen molar-refractivity contribution >= 4 is 11.9 Å². The Morgan fingerprint density at radius 3 is 2.44 bits per heavy atom. The van der Waals surface area contributed by atoms with E-state index in [-0.39, 0.29) is 6.61 Å². The maximum Gasteiger partial charge on any atom is 0.396 e. The predicted octanol–water partition coefficient (Wildman–Crippen LogP) is 1.17. The number of esters is 1. The minimum Gasteiger partial charge on any atom is -0.459 e. The first-order valence-electron chi connectivity index (χ1n) is 5.14. The van der Waals surface area contributed by atoms with Crippen molar-refractivity contribution in [3.05, 3.63) is 35.4 Å². The maximum absolute atomic E-state index is 11.2. The minimum absolute atomic E-state index is 0.205. The van der Waals surface area contributed by atoms with Crippen LogP contribution in [0.2, 0.25) is 0 Å². The number of benzene rings is 1. The molecular formula is C12H15NO3. The largest absolute Gasteiger partial charge is 0.459 e. The topological polar surface area (TPSA) is 55.4 Å². The van der Waals surface area contributed by atoms with E-state index in [9.17, 15) is 9.59 Å². The zero-order chi connectivity index (χ0) is 12.0. The number of hydrogen-bond donors (Lipinski definition) is 1. The molecule has 16 heavy (non-hydrogen) atoms. The van der Waals surface area contributed by atoms with Crippen LogP contribution in [0.1, 0.15) is 18.1 Å². The molecule has 4 heteroatoms. The van der Waals surface area contributed by atoms with Gasteiger partial charge >= 0.3 is 11.9 Å². The number of amides is 1. The van der Waals surface area contributed by atoms with Gasteiger partial charge in [-0.25, -0.2) is 4.79 Å². The second kappa shape index (κ2) is 5.90. The first-order chi connectivity index (χ1) is 7.63. The van der Waals surface area contributed by atoms with E-state index in [1.165, 1.54) is 0 Å². The van der Waals surface area contributed by atoms with Crippen LogP contribution in [0.3, 0.4) is 0 Å². The summed E-state index contributed by atoms with van der Waals surface area (Å²) in [7, 11) is 0. The lowest BCUT2D eigenvalue weighted by atomic mass is 10.1. The average molecular weight is 221 g/mol. The van der Waals surface area contributed by atoms with E-state index in [1.54, 1.807) is 6.92 Å². The molecule has 1 aromatic rings. The van der Waals surface area contributed by atoms with Gasteiger partial charge < -0.3 is 10.1 Å². The Morgan fingerprint density at radius 1 is 1.25 bits per heavy atom. The molecule has 0 aliphatic heterocycles. The maximum atomic E-state index is 11.2. The molecule has 1 rings (SSSR count). The highest BCUT2D eigenvalue weighted by Gasteiger charge is 2.13. The smallest absolute Gasteiger partial charge is 0.396 e. The number of carbonyl (C=O) groups excluding carboxylic acids is 2. The molecule has 0 saturated heterocycles. The fraction of sp³-hybridized carbons (Fsp3) is 0.333. The summed E-state index contributed by atoms with van der Waals surface area (Å²) >= 11 is 0. The molecule has 0 atom stereocenters. The molecule has 0 bridgehead atoms. The Labute approximate surface area is 94.6 Å². The van der Waals surface area contributed by atoms with Crippen molar-refractivity contribution in [1.82, 2.24) is 5.32 Å². The van der Waals surface area contributed by atoms with Gasteiger partial charge in [0.15, 0.2) is 0 Å². The number of hydrogen-bond acceptors (Lipinski definition) is 3. The SMILES string of the molecule is CCOC(=O)C(=O)NCc1ccc(C)cc1. The molecule has 0 heterocycles. The van der Waals surface area contributed by atoms with Gasteiger partial charge in [-0.2, -0.15) is 0 Å². The summed E-state index contributed by atoms with van der Waals surface area (Å²) in [5, 5.41) is 2.49. The van der Waals surface area contributed by atoms with Crippen molar-refractivity contribution in [2.24, 2.45) is 0 Å². The van der Waals surface area contributed by atoms with E-state index in [1.807, 2.05) is 31.2 Å². The average Bonchev–Trinajstić information content (AvgIpc) is 2.28. The van der Waals surface area contributed by atoms with Crippen molar-refractivity contribution in [2.75, 3.05) is 6.61 Å². The van der Waals surface area contributed by atoms with Gasteiger partial charge in [0.25, 0.3) is 0 Å². The van der Waals surface area contributed by atoms with Crippen molar-refractivity contribution in [2.45, 2.75) is 20.4 Å². The molecule has 0 fully saturated rings. The number of aryl methyl sites for hydroxylation is 1. The van der Waals surface area contributed by atoms with Gasteiger partial charge in [0.05, 0.1) is 6.61 Å². The van der Waals surface area contributed by atoms with Crippen LogP contribution < -0.4 is 5.32 Å². The first kappa shape index (κ1) is 12.2. The summed E-state index contributed by atoms with van der Waals surface area (Å²) in [5.74, 6) is -1.54. The third kappa shape index (κ3) is 3.73. The van der Waals surface area contributed by atoms with Gasteiger partial charge in [0, 0.05) is 6.54 Å². The van der Waals surface area contributed by atoms with Gasteiger partial charge in [-0.1, -0.05) is 29.8 Å². The standard InChI is InChI=1S/C12H15NO3/c1-3-16-12(15)11(14)13-8-10-6-4-9(2)5-7-10/h4-7H,3,8H2,1-2H3,(H,13,14). The van der Waals surface area contributed by atoms with Crippen molar-refractivity contribution < 1.29 is 14.3 Å². The summed E-state index contributed by atoms with van der Waals surface area (Å²) in [6.07, 6.45) is 0. The second-order valence-electron chi connectivity index (χ2n) is 3.39. The van der Waals surface area contributed by atoms with Gasteiger partial charge in [-0.15, -0.1) is 0 Å². The molecule has 0 aliphatic carbocycles. The minimum atomic E-state index is -0.838. The van der Waals surface area contributed by atoms with Crippen LogP contribution >= 0.6 is 0 Å². The van der Waals surface area contributed by atoms with Crippen LogP contribution in [-0.2, 0) is 20.9 Å². The molecule has 86 valence electrons. The van der Waals surface area contributed by atoms with E-state index in [0.717, 1.165) is 11.1 Å². The quantitative estimate of drug-likeness (QED) is 0.616. The normalized spacial score (nSPS) is 9.62. The number of carbonyl (C=O) groups is 2. The Kier molecular flexibility index (Phi) is 4.51. The Bertz CT molecular complexity index is 370. The van der Waals surface area contributed by atoms with Gasteiger partial charge in [-0.3, -0.25) is 4.79 Å². The van der Waals surface area contributed by atoms with Crippen LogP contribution in [0.4, 0.5) is 0 Å². The third-order valence-corrected chi connectivity index (χ3v) is 2.03. The lowest BCUT2D eigenvalue weighted by molar-refractivity contribution is -0.154. The van der Waals surface area contributed by atoms with E-state index < -0.39 is 11.9 Å². The highest BCUT2D eigenvalue weighted by Crippen LogP contribution is 2.02. The summed E-state index contributed by atoms with van der Waals surface area (Å²) in [5.41, 5.74) is 2.10. The van der Waals surface area contributed by atoms with Crippen LogP contribution in [0.25, 0.3) is 0 Å². The molecule has 0 aromatic heterocycles. The predicted molar refractivity (Wildman–Crippen MR) is 59.7 cm³/mol. The summed E-state index contributed by atoms with van der Waals surface area (Å²) in [6, 6.07) is 7.71. The van der Waals surface area contributed by atoms with E-state index in [0.29, 0.717) is 6.54 Å². The van der Waals surface area contributed by atoms with E-state index in [4.69, 9.17) is 0 Å². The van der Waals surface area contributed by atoms with Crippen molar-refractivity contribution in [1.29, 1.82) is 0 Å².